The van der Waals surface area contributed by atoms with Gasteiger partial charge in [0, 0.05) is 12.6 Å². The minimum absolute atomic E-state index is 0.0429. The summed E-state index contributed by atoms with van der Waals surface area (Å²) in [5, 5.41) is 0. The molecule has 2 aromatic rings. The Bertz CT molecular complexity index is 884. The van der Waals surface area contributed by atoms with Crippen LogP contribution in [0.15, 0.2) is 53.4 Å². The highest BCUT2D eigenvalue weighted by Crippen LogP contribution is 2.20. The summed E-state index contributed by atoms with van der Waals surface area (Å²) in [4.78, 5) is 13.3. The molecule has 0 radical (unpaired) electrons. The number of sulfonamides is 1. The summed E-state index contributed by atoms with van der Waals surface area (Å²) in [5.74, 6) is -1.00. The zero-order valence-corrected chi connectivity index (χ0v) is 15.6. The lowest BCUT2D eigenvalue weighted by atomic mass is 10.1. The molecule has 26 heavy (non-hydrogen) atoms. The van der Waals surface area contributed by atoms with Crippen LogP contribution in [0.3, 0.4) is 0 Å². The first-order valence-electron chi connectivity index (χ1n) is 7.84. The van der Waals surface area contributed by atoms with E-state index in [4.69, 9.17) is 0 Å². The fraction of sp³-hybridized carbons (Fsp3) is 0.278. The highest BCUT2D eigenvalue weighted by Gasteiger charge is 2.21. The van der Waals surface area contributed by atoms with Crippen molar-refractivity contribution >= 4 is 16.0 Å². The lowest BCUT2D eigenvalue weighted by Crippen LogP contribution is -2.34. The monoisotopic (exact) mass is 380 g/mol. The predicted octanol–water partition coefficient (Wildman–Crippen LogP) is 2.19. The van der Waals surface area contributed by atoms with Gasteiger partial charge in [-0.1, -0.05) is 18.2 Å². The Hall–Kier alpha value is -2.29. The van der Waals surface area contributed by atoms with Crippen molar-refractivity contribution in [1.29, 1.82) is 0 Å². The normalized spacial score (nSPS) is 12.8. The molecule has 0 aliphatic rings. The van der Waals surface area contributed by atoms with Crippen LogP contribution in [0.5, 0.6) is 0 Å². The van der Waals surface area contributed by atoms with E-state index in [1.165, 1.54) is 43.5 Å². The smallest absolute Gasteiger partial charge is 0.337 e. The number of ether oxygens (including phenoxy) is 1. The quantitative estimate of drug-likeness (QED) is 0.746. The molecule has 1 atom stereocenters. The Labute approximate surface area is 152 Å². The number of nitrogens with zero attached hydrogens (tertiary/aromatic N) is 1. The van der Waals surface area contributed by atoms with Gasteiger partial charge in [0.05, 0.1) is 17.6 Å². The molecule has 0 aliphatic heterocycles. The average molecular weight is 380 g/mol. The average Bonchev–Trinajstić information content (AvgIpc) is 2.61. The van der Waals surface area contributed by atoms with Gasteiger partial charge in [-0.05, 0) is 50.0 Å². The largest absolute Gasteiger partial charge is 0.465 e. The van der Waals surface area contributed by atoms with E-state index in [0.29, 0.717) is 5.56 Å². The summed E-state index contributed by atoms with van der Waals surface area (Å²) in [6.07, 6.45) is 0. The Kier molecular flexibility index (Phi) is 6.47. The van der Waals surface area contributed by atoms with Crippen LogP contribution in [-0.4, -0.2) is 47.0 Å². The third kappa shape index (κ3) is 4.87. The van der Waals surface area contributed by atoms with Crippen LogP contribution in [0.1, 0.15) is 22.0 Å². The molecule has 0 saturated heterocycles. The molecule has 0 aromatic heterocycles. The van der Waals surface area contributed by atoms with E-state index in [-0.39, 0.29) is 28.9 Å². The Morgan fingerprint density at radius 2 is 1.88 bits per heavy atom. The summed E-state index contributed by atoms with van der Waals surface area (Å²) < 4.78 is 45.7. The van der Waals surface area contributed by atoms with Gasteiger partial charge in [0.2, 0.25) is 10.0 Å². The lowest BCUT2D eigenvalue weighted by molar-refractivity contribution is 0.0600. The molecule has 0 heterocycles. The summed E-state index contributed by atoms with van der Waals surface area (Å²) >= 11 is 0. The number of halogens is 1. The molecular formula is C18H21FN2O4S. The van der Waals surface area contributed by atoms with Crippen LogP contribution in [-0.2, 0) is 14.8 Å². The van der Waals surface area contributed by atoms with E-state index >= 15 is 0 Å². The number of hydrogen-bond donors (Lipinski definition) is 1. The topological polar surface area (TPSA) is 75.7 Å². The molecule has 8 heteroatoms. The van der Waals surface area contributed by atoms with Crippen LogP contribution in [0.2, 0.25) is 0 Å². The Morgan fingerprint density at radius 3 is 2.50 bits per heavy atom. The number of nitrogens with one attached hydrogen (secondary N) is 1. The molecule has 1 unspecified atom stereocenters. The number of carbonyl (C=O) groups is 1. The van der Waals surface area contributed by atoms with Crippen molar-refractivity contribution in [2.45, 2.75) is 10.9 Å². The van der Waals surface area contributed by atoms with Gasteiger partial charge in [0.1, 0.15) is 5.82 Å². The van der Waals surface area contributed by atoms with Crippen LogP contribution < -0.4 is 4.72 Å². The van der Waals surface area contributed by atoms with E-state index in [0.717, 1.165) is 0 Å². The SMILES string of the molecule is COC(=O)c1cccc(S(=O)(=O)NCC(c2cccc(F)c2)N(C)C)c1. The molecule has 6 nitrogen and oxygen atoms in total. The van der Waals surface area contributed by atoms with Crippen molar-refractivity contribution in [3.8, 4) is 0 Å². The van der Waals surface area contributed by atoms with E-state index in [9.17, 15) is 17.6 Å². The maximum Gasteiger partial charge on any atom is 0.337 e. The number of esters is 1. The molecule has 0 bridgehead atoms. The van der Waals surface area contributed by atoms with E-state index < -0.39 is 16.0 Å². The minimum Gasteiger partial charge on any atom is -0.465 e. The number of benzene rings is 2. The first kappa shape index (κ1) is 20.0. The number of methoxy groups -OCH3 is 1. The number of hydrogen-bond acceptors (Lipinski definition) is 5. The van der Waals surface area contributed by atoms with Crippen molar-refractivity contribution in [1.82, 2.24) is 9.62 Å². The van der Waals surface area contributed by atoms with Crippen LogP contribution in [0, 0.1) is 5.82 Å². The third-order valence-corrected chi connectivity index (χ3v) is 5.31. The standard InChI is InChI=1S/C18H21FN2O4S/c1-21(2)17(13-6-4-8-15(19)10-13)12-20-26(23,24)16-9-5-7-14(11-16)18(22)25-3/h4-11,17,20H,12H2,1-3H3. The van der Waals surface area contributed by atoms with Gasteiger partial charge >= 0.3 is 5.97 Å². The number of likely N-dealkylation sites (N-methyl/N-ethyl adjacent to an activating group) is 1. The van der Waals surface area contributed by atoms with Gasteiger partial charge < -0.3 is 9.64 Å². The third-order valence-electron chi connectivity index (χ3n) is 3.89. The van der Waals surface area contributed by atoms with Crippen LogP contribution in [0.25, 0.3) is 0 Å². The van der Waals surface area contributed by atoms with E-state index in [1.807, 2.05) is 0 Å². The molecule has 1 N–H and O–H groups in total. The van der Waals surface area contributed by atoms with E-state index in [2.05, 4.69) is 9.46 Å². The maximum absolute atomic E-state index is 13.5. The highest BCUT2D eigenvalue weighted by atomic mass is 32.2. The summed E-state index contributed by atoms with van der Waals surface area (Å²) in [5.41, 5.74) is 0.797. The molecule has 0 fully saturated rings. The van der Waals surface area contributed by atoms with Crippen molar-refractivity contribution in [3.05, 3.63) is 65.5 Å². The lowest BCUT2D eigenvalue weighted by Gasteiger charge is -2.25. The van der Waals surface area contributed by atoms with Crippen molar-refractivity contribution in [2.75, 3.05) is 27.7 Å². The number of rotatable bonds is 7. The molecule has 140 valence electrons. The van der Waals surface area contributed by atoms with Crippen molar-refractivity contribution in [3.63, 3.8) is 0 Å². The van der Waals surface area contributed by atoms with Crippen LogP contribution in [0.4, 0.5) is 4.39 Å². The van der Waals surface area contributed by atoms with Crippen molar-refractivity contribution < 1.29 is 22.3 Å². The Morgan fingerprint density at radius 1 is 1.19 bits per heavy atom. The predicted molar refractivity (Wildman–Crippen MR) is 95.8 cm³/mol. The fourth-order valence-electron chi connectivity index (χ4n) is 2.49. The van der Waals surface area contributed by atoms with Crippen LogP contribution >= 0.6 is 0 Å². The highest BCUT2D eigenvalue weighted by molar-refractivity contribution is 7.89. The zero-order valence-electron chi connectivity index (χ0n) is 14.8. The maximum atomic E-state index is 13.5. The summed E-state index contributed by atoms with van der Waals surface area (Å²) in [6, 6.07) is 11.2. The van der Waals surface area contributed by atoms with Gasteiger partial charge in [0.25, 0.3) is 0 Å². The molecule has 0 spiro atoms. The molecule has 2 rings (SSSR count). The number of carbonyl (C=O) groups excluding carboxylic acids is 1. The zero-order chi connectivity index (χ0) is 19.3. The molecule has 2 aromatic carbocycles. The molecule has 0 saturated carbocycles. The van der Waals surface area contributed by atoms with Gasteiger partial charge in [-0.2, -0.15) is 0 Å². The van der Waals surface area contributed by atoms with E-state index in [1.54, 1.807) is 31.1 Å². The second-order valence-corrected chi connectivity index (χ2v) is 7.67. The molecule has 0 aliphatic carbocycles. The fourth-order valence-corrected chi connectivity index (χ4v) is 3.58. The summed E-state index contributed by atoms with van der Waals surface area (Å²) in [6.45, 7) is 0.0429. The minimum atomic E-state index is -3.85. The van der Waals surface area contributed by atoms with Gasteiger partial charge in [-0.3, -0.25) is 0 Å². The van der Waals surface area contributed by atoms with Gasteiger partial charge in [-0.15, -0.1) is 0 Å². The second kappa shape index (κ2) is 8.39. The Balaban J connectivity index is 2.21. The second-order valence-electron chi connectivity index (χ2n) is 5.91. The first-order chi connectivity index (χ1) is 12.2. The molecule has 0 amide bonds. The molecular weight excluding hydrogens is 359 g/mol. The summed E-state index contributed by atoms with van der Waals surface area (Å²) in [7, 11) is 0.934. The first-order valence-corrected chi connectivity index (χ1v) is 9.33. The van der Waals surface area contributed by atoms with Gasteiger partial charge in [0.15, 0.2) is 0 Å². The van der Waals surface area contributed by atoms with Crippen molar-refractivity contribution in [2.24, 2.45) is 0 Å². The van der Waals surface area contributed by atoms with Gasteiger partial charge in [-0.25, -0.2) is 22.3 Å².